The van der Waals surface area contributed by atoms with Crippen LogP contribution in [-0.2, 0) is 17.9 Å². The summed E-state index contributed by atoms with van der Waals surface area (Å²) >= 11 is 3.08. The monoisotopic (exact) mass is 440 g/mol. The minimum Gasteiger partial charge on any atom is -0.332 e. The van der Waals surface area contributed by atoms with Crippen LogP contribution in [0.4, 0.5) is 0 Å². The van der Waals surface area contributed by atoms with E-state index in [1.165, 1.54) is 21.8 Å². The van der Waals surface area contributed by atoms with Crippen LogP contribution in [0.2, 0.25) is 0 Å². The van der Waals surface area contributed by atoms with Crippen molar-refractivity contribution in [1.29, 1.82) is 0 Å². The molecule has 1 unspecified atom stereocenters. The number of benzene rings is 1. The molecule has 0 aliphatic rings. The number of rotatable bonds is 9. The van der Waals surface area contributed by atoms with Gasteiger partial charge in [-0.1, -0.05) is 43.3 Å². The minimum atomic E-state index is -0.0698. The first-order valence-corrected chi connectivity index (χ1v) is 11.9. The van der Waals surface area contributed by atoms with Gasteiger partial charge in [0.2, 0.25) is 5.91 Å². The first-order chi connectivity index (χ1) is 14.5. The highest BCUT2D eigenvalue weighted by Crippen LogP contribution is 2.21. The van der Waals surface area contributed by atoms with Gasteiger partial charge in [0.25, 0.3) is 5.91 Å². The van der Waals surface area contributed by atoms with Crippen LogP contribution in [0.25, 0.3) is 0 Å². The van der Waals surface area contributed by atoms with Gasteiger partial charge in [-0.3, -0.25) is 9.59 Å². The van der Waals surface area contributed by atoms with Gasteiger partial charge < -0.3 is 9.80 Å². The highest BCUT2D eigenvalue weighted by atomic mass is 32.1. The number of hydrogen-bond acceptors (Lipinski definition) is 4. The molecule has 0 N–H and O–H groups in total. The van der Waals surface area contributed by atoms with Crippen LogP contribution in [0.15, 0.2) is 59.3 Å². The van der Waals surface area contributed by atoms with Crippen LogP contribution in [0.5, 0.6) is 0 Å². The molecule has 0 aliphatic heterocycles. The zero-order valence-electron chi connectivity index (χ0n) is 17.7. The summed E-state index contributed by atoms with van der Waals surface area (Å²) in [7, 11) is 0. The molecule has 2 aromatic heterocycles. The van der Waals surface area contributed by atoms with Crippen molar-refractivity contribution in [3.8, 4) is 0 Å². The number of carbonyl (C=O) groups excluding carboxylic acids is 2. The standard InChI is InChI=1S/C24H28N2O2S2/c1-4-19(3)26(24(28)21-11-8-13-29-21)17-23(27)25(15-20-9-6-5-7-10-20)16-22-18(2)12-14-30-22/h5-14,19H,4,15-17H2,1-3H3. The molecule has 3 aromatic rings. The molecule has 3 rings (SSSR count). The van der Waals surface area contributed by atoms with Gasteiger partial charge in [0, 0.05) is 17.5 Å². The van der Waals surface area contributed by atoms with E-state index in [-0.39, 0.29) is 24.4 Å². The SMILES string of the molecule is CCC(C)N(CC(=O)N(Cc1ccccc1)Cc1sccc1C)C(=O)c1cccs1. The first-order valence-electron chi connectivity index (χ1n) is 10.2. The second-order valence-electron chi connectivity index (χ2n) is 7.43. The minimum absolute atomic E-state index is 0.00870. The summed E-state index contributed by atoms with van der Waals surface area (Å²) in [4.78, 5) is 31.9. The third-order valence-electron chi connectivity index (χ3n) is 5.29. The van der Waals surface area contributed by atoms with Crippen molar-refractivity contribution in [2.45, 2.75) is 46.3 Å². The lowest BCUT2D eigenvalue weighted by molar-refractivity contribution is -0.133. The van der Waals surface area contributed by atoms with E-state index < -0.39 is 0 Å². The van der Waals surface area contributed by atoms with E-state index in [9.17, 15) is 9.59 Å². The molecular formula is C24H28N2O2S2. The molecule has 6 heteroatoms. The van der Waals surface area contributed by atoms with Gasteiger partial charge in [0.15, 0.2) is 0 Å². The van der Waals surface area contributed by atoms with Crippen molar-refractivity contribution in [2.24, 2.45) is 0 Å². The molecule has 4 nitrogen and oxygen atoms in total. The Bertz CT molecular complexity index is 951. The quantitative estimate of drug-likeness (QED) is 0.435. The molecule has 0 radical (unpaired) electrons. The predicted octanol–water partition coefficient (Wildman–Crippen LogP) is 5.59. The number of thiophene rings is 2. The third kappa shape index (κ3) is 5.58. The fraction of sp³-hybridized carbons (Fsp3) is 0.333. The van der Waals surface area contributed by atoms with E-state index >= 15 is 0 Å². The van der Waals surface area contributed by atoms with Crippen molar-refractivity contribution >= 4 is 34.5 Å². The Morgan fingerprint density at radius 3 is 2.33 bits per heavy atom. The number of aryl methyl sites for hydroxylation is 1. The first kappa shape index (κ1) is 22.2. The zero-order chi connectivity index (χ0) is 21.5. The van der Waals surface area contributed by atoms with Crippen LogP contribution in [0, 0.1) is 6.92 Å². The predicted molar refractivity (Wildman–Crippen MR) is 125 cm³/mol. The Balaban J connectivity index is 1.82. The summed E-state index contributed by atoms with van der Waals surface area (Å²) in [6.45, 7) is 7.29. The van der Waals surface area contributed by atoms with Crippen LogP contribution < -0.4 is 0 Å². The Labute approximate surface area is 186 Å². The molecule has 0 saturated heterocycles. The van der Waals surface area contributed by atoms with Crippen molar-refractivity contribution in [3.63, 3.8) is 0 Å². The molecular weight excluding hydrogens is 412 g/mol. The van der Waals surface area contributed by atoms with Crippen LogP contribution in [-0.4, -0.2) is 34.2 Å². The molecule has 0 aliphatic carbocycles. The van der Waals surface area contributed by atoms with Gasteiger partial charge in [-0.25, -0.2) is 0 Å². The topological polar surface area (TPSA) is 40.6 Å². The van der Waals surface area contributed by atoms with E-state index in [0.717, 1.165) is 12.0 Å². The fourth-order valence-electron chi connectivity index (χ4n) is 3.21. The lowest BCUT2D eigenvalue weighted by atomic mass is 10.1. The molecule has 0 bridgehead atoms. The number of amides is 2. The van der Waals surface area contributed by atoms with E-state index in [0.29, 0.717) is 18.0 Å². The summed E-state index contributed by atoms with van der Waals surface area (Å²) in [5.41, 5.74) is 2.28. The maximum atomic E-state index is 13.4. The second-order valence-corrected chi connectivity index (χ2v) is 9.38. The number of nitrogens with zero attached hydrogens (tertiary/aromatic N) is 2. The van der Waals surface area contributed by atoms with Gasteiger partial charge in [0.1, 0.15) is 6.54 Å². The fourth-order valence-corrected chi connectivity index (χ4v) is 4.81. The van der Waals surface area contributed by atoms with E-state index in [4.69, 9.17) is 0 Å². The van der Waals surface area contributed by atoms with Gasteiger partial charge in [-0.2, -0.15) is 0 Å². The van der Waals surface area contributed by atoms with Gasteiger partial charge >= 0.3 is 0 Å². The molecule has 1 aromatic carbocycles. The molecule has 2 heterocycles. The lowest BCUT2D eigenvalue weighted by Crippen LogP contribution is -2.46. The highest BCUT2D eigenvalue weighted by Gasteiger charge is 2.26. The van der Waals surface area contributed by atoms with Crippen LogP contribution in [0.1, 0.15) is 45.9 Å². The third-order valence-corrected chi connectivity index (χ3v) is 7.16. The molecule has 158 valence electrons. The lowest BCUT2D eigenvalue weighted by Gasteiger charge is -2.31. The van der Waals surface area contributed by atoms with E-state index in [1.54, 1.807) is 16.2 Å². The summed E-state index contributed by atoms with van der Waals surface area (Å²) < 4.78 is 0. The Kier molecular flexibility index (Phi) is 7.82. The van der Waals surface area contributed by atoms with Gasteiger partial charge in [-0.05, 0) is 54.3 Å². The Morgan fingerprint density at radius 1 is 0.967 bits per heavy atom. The van der Waals surface area contributed by atoms with Crippen molar-refractivity contribution < 1.29 is 9.59 Å². The smallest absolute Gasteiger partial charge is 0.264 e. The van der Waals surface area contributed by atoms with Crippen LogP contribution in [0.3, 0.4) is 0 Å². The summed E-state index contributed by atoms with van der Waals surface area (Å²) in [6.07, 6.45) is 0.799. The Hall–Kier alpha value is -2.44. The second kappa shape index (κ2) is 10.5. The molecule has 1 atom stereocenters. The van der Waals surface area contributed by atoms with Crippen molar-refractivity contribution in [1.82, 2.24) is 9.80 Å². The summed E-state index contributed by atoms with van der Waals surface area (Å²) in [5, 5.41) is 3.95. The normalized spacial score (nSPS) is 11.8. The largest absolute Gasteiger partial charge is 0.332 e. The summed E-state index contributed by atoms with van der Waals surface area (Å²) in [5.74, 6) is -0.100. The number of carbonyl (C=O) groups is 2. The van der Waals surface area contributed by atoms with E-state index in [1.807, 2.05) is 66.6 Å². The average molecular weight is 441 g/mol. The van der Waals surface area contributed by atoms with Gasteiger partial charge in [-0.15, -0.1) is 22.7 Å². The maximum Gasteiger partial charge on any atom is 0.264 e. The summed E-state index contributed by atoms with van der Waals surface area (Å²) in [6, 6.07) is 15.8. The zero-order valence-corrected chi connectivity index (χ0v) is 19.3. The highest BCUT2D eigenvalue weighted by molar-refractivity contribution is 7.12. The van der Waals surface area contributed by atoms with Gasteiger partial charge in [0.05, 0.1) is 11.4 Å². The molecule has 2 amide bonds. The molecule has 0 spiro atoms. The molecule has 30 heavy (non-hydrogen) atoms. The number of hydrogen-bond donors (Lipinski definition) is 0. The van der Waals surface area contributed by atoms with E-state index in [2.05, 4.69) is 18.4 Å². The molecule has 0 saturated carbocycles. The van der Waals surface area contributed by atoms with Crippen LogP contribution >= 0.6 is 22.7 Å². The molecule has 0 fully saturated rings. The maximum absolute atomic E-state index is 13.4. The average Bonchev–Trinajstić information content (AvgIpc) is 3.43. The van der Waals surface area contributed by atoms with Crippen molar-refractivity contribution in [2.75, 3.05) is 6.54 Å². The van der Waals surface area contributed by atoms with Crippen molar-refractivity contribution in [3.05, 3.63) is 80.2 Å². The Morgan fingerprint density at radius 2 is 1.73 bits per heavy atom.